The topological polar surface area (TPSA) is 12.0 Å². The van der Waals surface area contributed by atoms with Gasteiger partial charge >= 0.3 is 0 Å². The third-order valence-electron chi connectivity index (χ3n) is 4.75. The Morgan fingerprint density at radius 2 is 1.86 bits per heavy atom. The summed E-state index contributed by atoms with van der Waals surface area (Å²) < 4.78 is 0. The van der Waals surface area contributed by atoms with Gasteiger partial charge in [0.2, 0.25) is 0 Å². The molecule has 1 nitrogen and oxygen atoms in total. The molecule has 1 aliphatic carbocycles. The standard InChI is InChI=1S/C19H25NS/c1-14-12-17(21-15(14)2)13-20-19-11-7-6-10-18(19)16-8-4-3-5-9-16/h3-5,8-9,12,18-20H,6-7,10-11,13H2,1-2H3. The average Bonchev–Trinajstić information content (AvgIpc) is 2.85. The van der Waals surface area contributed by atoms with Crippen molar-refractivity contribution >= 4 is 11.3 Å². The molecular formula is C19H25NS. The molecule has 2 heteroatoms. The summed E-state index contributed by atoms with van der Waals surface area (Å²) in [7, 11) is 0. The fourth-order valence-corrected chi connectivity index (χ4v) is 4.45. The Bertz CT molecular complexity index is 553. The Labute approximate surface area is 132 Å². The van der Waals surface area contributed by atoms with Crippen LogP contribution in [0.4, 0.5) is 0 Å². The van der Waals surface area contributed by atoms with Crippen molar-refractivity contribution in [1.82, 2.24) is 5.32 Å². The SMILES string of the molecule is Cc1cc(CNC2CCCCC2c2ccccc2)sc1C. The molecule has 2 aromatic rings. The minimum Gasteiger partial charge on any atom is -0.308 e. The van der Waals surface area contributed by atoms with Crippen LogP contribution in [0.5, 0.6) is 0 Å². The first-order valence-corrected chi connectivity index (χ1v) is 8.90. The summed E-state index contributed by atoms with van der Waals surface area (Å²) in [5.41, 5.74) is 2.94. The van der Waals surface area contributed by atoms with Crippen LogP contribution in [0.3, 0.4) is 0 Å². The van der Waals surface area contributed by atoms with Crippen molar-refractivity contribution in [3.8, 4) is 0 Å². The number of thiophene rings is 1. The van der Waals surface area contributed by atoms with Crippen LogP contribution in [-0.4, -0.2) is 6.04 Å². The number of nitrogens with one attached hydrogen (secondary N) is 1. The van der Waals surface area contributed by atoms with Crippen molar-refractivity contribution < 1.29 is 0 Å². The van der Waals surface area contributed by atoms with Gasteiger partial charge in [0.25, 0.3) is 0 Å². The molecule has 1 aliphatic rings. The molecule has 1 heterocycles. The van der Waals surface area contributed by atoms with Crippen LogP contribution < -0.4 is 5.32 Å². The highest BCUT2D eigenvalue weighted by molar-refractivity contribution is 7.12. The predicted molar refractivity (Wildman–Crippen MR) is 92.1 cm³/mol. The van der Waals surface area contributed by atoms with Crippen molar-refractivity contribution in [1.29, 1.82) is 0 Å². The Morgan fingerprint density at radius 1 is 1.10 bits per heavy atom. The van der Waals surface area contributed by atoms with E-state index in [1.165, 1.54) is 46.6 Å². The summed E-state index contributed by atoms with van der Waals surface area (Å²) in [4.78, 5) is 2.93. The molecule has 21 heavy (non-hydrogen) atoms. The van der Waals surface area contributed by atoms with Crippen molar-refractivity contribution in [3.05, 3.63) is 57.3 Å². The largest absolute Gasteiger partial charge is 0.308 e. The zero-order valence-corrected chi connectivity index (χ0v) is 13.9. The van der Waals surface area contributed by atoms with Gasteiger partial charge in [-0.25, -0.2) is 0 Å². The van der Waals surface area contributed by atoms with Crippen LogP contribution in [0.25, 0.3) is 0 Å². The van der Waals surface area contributed by atoms with Gasteiger partial charge in [-0.3, -0.25) is 0 Å². The first kappa shape index (κ1) is 14.8. The van der Waals surface area contributed by atoms with E-state index in [0.29, 0.717) is 12.0 Å². The maximum atomic E-state index is 3.84. The molecule has 3 rings (SSSR count). The molecule has 1 saturated carbocycles. The molecule has 0 radical (unpaired) electrons. The van der Waals surface area contributed by atoms with Gasteiger partial charge in [-0.2, -0.15) is 0 Å². The third kappa shape index (κ3) is 3.56. The molecule has 0 saturated heterocycles. The second kappa shape index (κ2) is 6.76. The van der Waals surface area contributed by atoms with Gasteiger partial charge in [-0.05, 0) is 49.8 Å². The normalized spacial score (nSPS) is 22.4. The number of hydrogen-bond donors (Lipinski definition) is 1. The molecule has 1 N–H and O–H groups in total. The highest BCUT2D eigenvalue weighted by Crippen LogP contribution is 2.33. The fraction of sp³-hybridized carbons (Fsp3) is 0.474. The predicted octanol–water partition coefficient (Wildman–Crippen LogP) is 5.18. The van der Waals surface area contributed by atoms with Crippen LogP contribution >= 0.6 is 11.3 Å². The maximum absolute atomic E-state index is 3.84. The van der Waals surface area contributed by atoms with E-state index in [0.717, 1.165) is 6.54 Å². The number of benzene rings is 1. The van der Waals surface area contributed by atoms with E-state index in [2.05, 4.69) is 55.6 Å². The van der Waals surface area contributed by atoms with E-state index in [1.54, 1.807) is 0 Å². The van der Waals surface area contributed by atoms with E-state index in [4.69, 9.17) is 0 Å². The van der Waals surface area contributed by atoms with E-state index >= 15 is 0 Å². The summed E-state index contributed by atoms with van der Waals surface area (Å²) >= 11 is 1.94. The van der Waals surface area contributed by atoms with E-state index in [-0.39, 0.29) is 0 Å². The smallest absolute Gasteiger partial charge is 0.0302 e. The third-order valence-corrected chi connectivity index (χ3v) is 5.90. The lowest BCUT2D eigenvalue weighted by Crippen LogP contribution is -2.36. The van der Waals surface area contributed by atoms with Gasteiger partial charge in [0.15, 0.2) is 0 Å². The Balaban J connectivity index is 1.67. The van der Waals surface area contributed by atoms with E-state index in [1.807, 2.05) is 11.3 Å². The first-order chi connectivity index (χ1) is 10.2. The lowest BCUT2D eigenvalue weighted by atomic mass is 9.80. The monoisotopic (exact) mass is 299 g/mol. The molecule has 1 fully saturated rings. The minimum atomic E-state index is 0.629. The lowest BCUT2D eigenvalue weighted by molar-refractivity contribution is 0.327. The Hall–Kier alpha value is -1.12. The average molecular weight is 299 g/mol. The first-order valence-electron chi connectivity index (χ1n) is 8.08. The zero-order chi connectivity index (χ0) is 14.7. The Morgan fingerprint density at radius 3 is 2.57 bits per heavy atom. The molecule has 0 amide bonds. The highest BCUT2D eigenvalue weighted by Gasteiger charge is 2.25. The summed E-state index contributed by atoms with van der Waals surface area (Å²) in [6, 6.07) is 14.0. The zero-order valence-electron chi connectivity index (χ0n) is 13.1. The van der Waals surface area contributed by atoms with Crippen molar-refractivity contribution in [2.45, 2.75) is 58.0 Å². The van der Waals surface area contributed by atoms with Crippen LogP contribution in [0.1, 0.15) is 52.5 Å². The molecule has 1 aromatic heterocycles. The number of aryl methyl sites for hydroxylation is 2. The summed E-state index contributed by atoms with van der Waals surface area (Å²) in [6.07, 6.45) is 5.37. The molecule has 0 spiro atoms. The molecule has 1 aromatic carbocycles. The highest BCUT2D eigenvalue weighted by atomic mass is 32.1. The molecule has 112 valence electrons. The molecule has 2 unspecified atom stereocenters. The quantitative estimate of drug-likeness (QED) is 0.820. The van der Waals surface area contributed by atoms with Crippen LogP contribution in [-0.2, 0) is 6.54 Å². The van der Waals surface area contributed by atoms with Crippen molar-refractivity contribution in [2.24, 2.45) is 0 Å². The molecule has 2 atom stereocenters. The molecule has 0 bridgehead atoms. The lowest BCUT2D eigenvalue weighted by Gasteiger charge is -2.32. The van der Waals surface area contributed by atoms with Crippen LogP contribution in [0.2, 0.25) is 0 Å². The summed E-state index contributed by atoms with van der Waals surface area (Å²) in [6.45, 7) is 5.45. The molecular weight excluding hydrogens is 274 g/mol. The fourth-order valence-electron chi connectivity index (χ4n) is 3.44. The second-order valence-corrected chi connectivity index (χ2v) is 7.58. The summed E-state index contributed by atoms with van der Waals surface area (Å²) in [5, 5.41) is 3.84. The van der Waals surface area contributed by atoms with Crippen molar-refractivity contribution in [3.63, 3.8) is 0 Å². The van der Waals surface area contributed by atoms with E-state index < -0.39 is 0 Å². The maximum Gasteiger partial charge on any atom is 0.0302 e. The van der Waals surface area contributed by atoms with Gasteiger partial charge in [0, 0.05) is 22.3 Å². The van der Waals surface area contributed by atoms with Crippen molar-refractivity contribution in [2.75, 3.05) is 0 Å². The number of hydrogen-bond acceptors (Lipinski definition) is 2. The van der Waals surface area contributed by atoms with Gasteiger partial charge in [-0.15, -0.1) is 11.3 Å². The minimum absolute atomic E-state index is 0.629. The Kier molecular flexibility index (Phi) is 4.77. The number of rotatable bonds is 4. The van der Waals surface area contributed by atoms with Crippen LogP contribution in [0, 0.1) is 13.8 Å². The van der Waals surface area contributed by atoms with Crippen LogP contribution in [0.15, 0.2) is 36.4 Å². The second-order valence-electron chi connectivity index (χ2n) is 6.24. The van der Waals surface area contributed by atoms with Gasteiger partial charge in [0.1, 0.15) is 0 Å². The summed E-state index contributed by atoms with van der Waals surface area (Å²) in [5.74, 6) is 0.683. The van der Waals surface area contributed by atoms with E-state index in [9.17, 15) is 0 Å². The molecule has 0 aliphatic heterocycles. The van der Waals surface area contributed by atoms with Gasteiger partial charge in [0.05, 0.1) is 0 Å². The van der Waals surface area contributed by atoms with Gasteiger partial charge in [-0.1, -0.05) is 43.2 Å². The van der Waals surface area contributed by atoms with Gasteiger partial charge < -0.3 is 5.32 Å².